The van der Waals surface area contributed by atoms with Crippen LogP contribution in [0.2, 0.25) is 0 Å². The molecule has 0 amide bonds. The highest BCUT2D eigenvalue weighted by atomic mass is 16.5. The van der Waals surface area contributed by atoms with Crippen molar-refractivity contribution in [2.24, 2.45) is 0 Å². The second kappa shape index (κ2) is 6.04. The Morgan fingerprint density at radius 3 is 2.48 bits per heavy atom. The number of ether oxygens (including phenoxy) is 3. The van der Waals surface area contributed by atoms with Crippen molar-refractivity contribution in [2.45, 2.75) is 0 Å². The average Bonchev–Trinajstić information content (AvgIpc) is 2.58. The van der Waals surface area contributed by atoms with E-state index in [9.17, 15) is 9.90 Å². The first-order valence-corrected chi connectivity index (χ1v) is 7.06. The topological polar surface area (TPSA) is 65.0 Å². The van der Waals surface area contributed by atoms with Crippen molar-refractivity contribution in [3.63, 3.8) is 0 Å². The fourth-order valence-corrected chi connectivity index (χ4v) is 2.47. The van der Waals surface area contributed by atoms with E-state index >= 15 is 0 Å². The highest BCUT2D eigenvalue weighted by Crippen LogP contribution is 2.42. The third-order valence-electron chi connectivity index (χ3n) is 3.66. The number of hydrogen-bond donors (Lipinski definition) is 1. The van der Waals surface area contributed by atoms with Crippen LogP contribution in [0.1, 0.15) is 15.9 Å². The first-order chi connectivity index (χ1) is 11.1. The first kappa shape index (κ1) is 15.0. The van der Waals surface area contributed by atoms with Crippen molar-refractivity contribution >= 4 is 11.9 Å². The Hall–Kier alpha value is -2.95. The van der Waals surface area contributed by atoms with Crippen molar-refractivity contribution < 1.29 is 24.1 Å². The smallest absolute Gasteiger partial charge is 0.203 e. The Labute approximate surface area is 133 Å². The first-order valence-electron chi connectivity index (χ1n) is 7.06. The minimum atomic E-state index is -0.139. The predicted molar refractivity (Wildman–Crippen MR) is 85.5 cm³/mol. The number of phenols is 1. The molecule has 0 spiro atoms. The van der Waals surface area contributed by atoms with E-state index in [4.69, 9.17) is 14.2 Å². The van der Waals surface area contributed by atoms with Gasteiger partial charge in [-0.3, -0.25) is 4.79 Å². The summed E-state index contributed by atoms with van der Waals surface area (Å²) in [4.78, 5) is 12.6. The molecule has 0 unspecified atom stereocenters. The van der Waals surface area contributed by atoms with Crippen molar-refractivity contribution in [1.29, 1.82) is 0 Å². The molecule has 1 aliphatic heterocycles. The molecule has 2 aromatic carbocycles. The molecule has 0 atom stereocenters. The summed E-state index contributed by atoms with van der Waals surface area (Å²) in [6.07, 6.45) is 1.78. The van der Waals surface area contributed by atoms with E-state index in [0.29, 0.717) is 11.1 Å². The monoisotopic (exact) mass is 312 g/mol. The lowest BCUT2D eigenvalue weighted by atomic mass is 9.97. The number of rotatable bonds is 3. The molecule has 3 rings (SSSR count). The predicted octanol–water partition coefficient (Wildman–Crippen LogP) is 3.07. The lowest BCUT2D eigenvalue weighted by Gasteiger charge is -2.21. The van der Waals surface area contributed by atoms with E-state index < -0.39 is 0 Å². The Kier molecular flexibility index (Phi) is 3.93. The molecule has 2 aromatic rings. The zero-order valence-electron chi connectivity index (χ0n) is 12.8. The van der Waals surface area contributed by atoms with Gasteiger partial charge in [0.1, 0.15) is 12.4 Å². The molecule has 5 nitrogen and oxygen atoms in total. The Morgan fingerprint density at radius 1 is 1.09 bits per heavy atom. The number of methoxy groups -OCH3 is 2. The van der Waals surface area contributed by atoms with Crippen LogP contribution in [0.25, 0.3) is 6.08 Å². The van der Waals surface area contributed by atoms with Crippen LogP contribution in [-0.2, 0) is 0 Å². The molecule has 1 N–H and O–H groups in total. The molecular formula is C18H16O5. The van der Waals surface area contributed by atoms with Crippen molar-refractivity contribution in [1.82, 2.24) is 0 Å². The summed E-state index contributed by atoms with van der Waals surface area (Å²) in [7, 11) is 3.03. The summed E-state index contributed by atoms with van der Waals surface area (Å²) in [6.45, 7) is 0.123. The highest BCUT2D eigenvalue weighted by molar-refractivity contribution is 6.14. The molecule has 0 aliphatic carbocycles. The van der Waals surface area contributed by atoms with Crippen LogP contribution >= 0.6 is 0 Å². The van der Waals surface area contributed by atoms with Crippen molar-refractivity contribution in [2.75, 3.05) is 20.8 Å². The number of aromatic hydroxyl groups is 1. The zero-order valence-corrected chi connectivity index (χ0v) is 12.8. The van der Waals surface area contributed by atoms with Crippen LogP contribution in [0.5, 0.6) is 23.0 Å². The molecule has 1 aliphatic rings. The minimum absolute atomic E-state index is 0.0540. The van der Waals surface area contributed by atoms with Gasteiger partial charge in [-0.15, -0.1) is 0 Å². The second-order valence-electron chi connectivity index (χ2n) is 5.06. The fraction of sp³-hybridized carbons (Fsp3) is 0.167. The average molecular weight is 312 g/mol. The second-order valence-corrected chi connectivity index (χ2v) is 5.06. The number of hydrogen-bond acceptors (Lipinski definition) is 5. The molecule has 0 radical (unpaired) electrons. The Morgan fingerprint density at radius 2 is 1.83 bits per heavy atom. The molecular weight excluding hydrogens is 296 g/mol. The molecule has 118 valence electrons. The number of carbonyl (C=O) groups excluding carboxylic acids is 1. The lowest BCUT2D eigenvalue weighted by molar-refractivity contribution is 0.0998. The van der Waals surface area contributed by atoms with E-state index in [-0.39, 0.29) is 29.6 Å². The SMILES string of the molecule is COc1ccc(/C=C2/COc3c(ccc(O)c3OC)C2=O)cc1. The van der Waals surface area contributed by atoms with Crippen LogP contribution in [0, 0.1) is 0 Å². The molecule has 0 aromatic heterocycles. The van der Waals surface area contributed by atoms with Crippen LogP contribution in [0.15, 0.2) is 42.0 Å². The molecule has 23 heavy (non-hydrogen) atoms. The van der Waals surface area contributed by atoms with Crippen LogP contribution in [0.4, 0.5) is 0 Å². The third kappa shape index (κ3) is 2.73. The maximum Gasteiger partial charge on any atom is 0.203 e. The third-order valence-corrected chi connectivity index (χ3v) is 3.66. The van der Waals surface area contributed by atoms with E-state index in [1.54, 1.807) is 13.2 Å². The number of phenolic OH excluding ortho intramolecular Hbond substituents is 1. The summed E-state index contributed by atoms with van der Waals surface area (Å²) < 4.78 is 15.9. The normalized spacial score (nSPS) is 15.0. The Balaban J connectivity index is 1.96. The molecule has 0 saturated carbocycles. The summed E-state index contributed by atoms with van der Waals surface area (Å²) >= 11 is 0. The summed E-state index contributed by atoms with van der Waals surface area (Å²) in [5.41, 5.74) is 1.80. The largest absolute Gasteiger partial charge is 0.504 e. The highest BCUT2D eigenvalue weighted by Gasteiger charge is 2.27. The van der Waals surface area contributed by atoms with Crippen molar-refractivity contribution in [3.05, 3.63) is 53.1 Å². The van der Waals surface area contributed by atoms with E-state index in [0.717, 1.165) is 11.3 Å². The molecule has 0 saturated heterocycles. The summed E-state index contributed by atoms with van der Waals surface area (Å²) in [6, 6.07) is 10.4. The van der Waals surface area contributed by atoms with Gasteiger partial charge < -0.3 is 19.3 Å². The van der Waals surface area contributed by atoms with Gasteiger partial charge in [0.15, 0.2) is 17.3 Å². The standard InChI is InChI=1S/C18H16O5/c1-21-13-5-3-11(4-6-13)9-12-10-23-17-14(16(12)20)7-8-15(19)18(17)22-2/h3-9,19H,10H2,1-2H3/b12-9-. The summed E-state index contributed by atoms with van der Waals surface area (Å²) in [5, 5.41) is 9.76. The van der Waals surface area contributed by atoms with Gasteiger partial charge in [0.25, 0.3) is 0 Å². The number of fused-ring (bicyclic) bond motifs is 1. The van der Waals surface area contributed by atoms with E-state index in [1.165, 1.54) is 19.2 Å². The quantitative estimate of drug-likeness (QED) is 0.882. The van der Waals surface area contributed by atoms with Gasteiger partial charge in [-0.2, -0.15) is 0 Å². The van der Waals surface area contributed by atoms with Gasteiger partial charge in [0, 0.05) is 5.57 Å². The number of ketones is 1. The fourth-order valence-electron chi connectivity index (χ4n) is 2.47. The van der Waals surface area contributed by atoms with Crippen molar-refractivity contribution in [3.8, 4) is 23.0 Å². The van der Waals surface area contributed by atoms with Gasteiger partial charge in [-0.05, 0) is 35.9 Å². The minimum Gasteiger partial charge on any atom is -0.504 e. The number of Topliss-reactive ketones (excluding diaryl/α,β-unsaturated/α-hetero) is 1. The number of benzene rings is 2. The molecule has 5 heteroatoms. The summed E-state index contributed by atoms with van der Waals surface area (Å²) in [5.74, 6) is 1.02. The maximum atomic E-state index is 12.6. The molecule has 1 heterocycles. The Bertz CT molecular complexity index is 775. The van der Waals surface area contributed by atoms with Crippen LogP contribution in [0.3, 0.4) is 0 Å². The van der Waals surface area contributed by atoms with Gasteiger partial charge in [-0.25, -0.2) is 0 Å². The van der Waals surface area contributed by atoms with Crippen LogP contribution < -0.4 is 14.2 Å². The van der Waals surface area contributed by atoms with Gasteiger partial charge >= 0.3 is 0 Å². The van der Waals surface area contributed by atoms with E-state index in [2.05, 4.69) is 0 Å². The van der Waals surface area contributed by atoms with Crippen LogP contribution in [-0.4, -0.2) is 31.7 Å². The molecule has 0 fully saturated rings. The van der Waals surface area contributed by atoms with Gasteiger partial charge in [0.2, 0.25) is 5.75 Å². The maximum absolute atomic E-state index is 12.6. The molecule has 0 bridgehead atoms. The number of carbonyl (C=O) groups is 1. The van der Waals surface area contributed by atoms with Gasteiger partial charge in [0.05, 0.1) is 19.8 Å². The zero-order chi connectivity index (χ0) is 16.4. The lowest BCUT2D eigenvalue weighted by Crippen LogP contribution is -2.19. The van der Waals surface area contributed by atoms with E-state index in [1.807, 2.05) is 24.3 Å². The van der Waals surface area contributed by atoms with Gasteiger partial charge in [-0.1, -0.05) is 12.1 Å².